The third kappa shape index (κ3) is 5.07. The summed E-state index contributed by atoms with van der Waals surface area (Å²) < 4.78 is 7.92. The van der Waals surface area contributed by atoms with Gasteiger partial charge in [0, 0.05) is 27.1 Å². The van der Waals surface area contributed by atoms with Crippen LogP contribution < -0.4 is 10.1 Å². The second kappa shape index (κ2) is 9.59. The Hall–Kier alpha value is -1.84. The molecule has 0 aliphatic carbocycles. The summed E-state index contributed by atoms with van der Waals surface area (Å²) in [5, 5.41) is 11.8. The molecule has 1 aliphatic heterocycles. The fourth-order valence-electron chi connectivity index (χ4n) is 2.81. The van der Waals surface area contributed by atoms with Crippen LogP contribution in [0.3, 0.4) is 0 Å². The lowest BCUT2D eigenvalue weighted by Crippen LogP contribution is -2.40. The normalized spacial score (nSPS) is 13.1. The number of rotatable bonds is 6. The topological polar surface area (TPSA) is 67.6 Å². The summed E-state index contributed by atoms with van der Waals surface area (Å²) in [6.45, 7) is 2.98. The van der Waals surface area contributed by atoms with Gasteiger partial charge in [0.2, 0.25) is 0 Å². The van der Waals surface area contributed by atoms with Crippen molar-refractivity contribution in [3.63, 3.8) is 0 Å². The van der Waals surface area contributed by atoms with Gasteiger partial charge in [-0.25, -0.2) is 0 Å². The first-order valence-electron chi connectivity index (χ1n) is 8.28. The molecule has 136 valence electrons. The standard InChI is InChI=1S/C17H24N6O.HI/c1-18-17(19-13-16-21-20-15-9-6-10-23(15)16)22(2)11-12-24-14-7-4-3-5-8-14;/h3-5,7-8H,6,9-13H2,1-2H3,(H,18,19);1H. The summed E-state index contributed by atoms with van der Waals surface area (Å²) >= 11 is 0. The van der Waals surface area contributed by atoms with Crippen LogP contribution in [0.15, 0.2) is 35.3 Å². The Morgan fingerprint density at radius 2 is 2.12 bits per heavy atom. The number of hydrogen-bond acceptors (Lipinski definition) is 4. The average Bonchev–Trinajstić information content (AvgIpc) is 3.21. The minimum atomic E-state index is 0. The van der Waals surface area contributed by atoms with Crippen LogP contribution in [0.1, 0.15) is 18.1 Å². The molecule has 0 bridgehead atoms. The number of fused-ring (bicyclic) bond motifs is 1. The molecule has 2 heterocycles. The first kappa shape index (κ1) is 19.5. The highest BCUT2D eigenvalue weighted by Gasteiger charge is 2.17. The van der Waals surface area contributed by atoms with E-state index in [-0.39, 0.29) is 24.0 Å². The molecule has 7 nitrogen and oxygen atoms in total. The fraction of sp³-hybridized carbons (Fsp3) is 0.471. The van der Waals surface area contributed by atoms with Crippen molar-refractivity contribution >= 4 is 29.9 Å². The number of hydrogen-bond donors (Lipinski definition) is 1. The van der Waals surface area contributed by atoms with Gasteiger partial charge in [0.25, 0.3) is 0 Å². The molecule has 0 saturated carbocycles. The Morgan fingerprint density at radius 1 is 1.32 bits per heavy atom. The predicted molar refractivity (Wildman–Crippen MR) is 109 cm³/mol. The number of ether oxygens (including phenoxy) is 1. The zero-order valence-corrected chi connectivity index (χ0v) is 17.0. The second-order valence-electron chi connectivity index (χ2n) is 5.77. The molecule has 25 heavy (non-hydrogen) atoms. The van der Waals surface area contributed by atoms with Gasteiger partial charge in [0.1, 0.15) is 18.2 Å². The maximum Gasteiger partial charge on any atom is 0.193 e. The third-order valence-corrected chi connectivity index (χ3v) is 4.10. The molecule has 0 amide bonds. The molecule has 0 spiro atoms. The number of benzene rings is 1. The van der Waals surface area contributed by atoms with Gasteiger partial charge in [0.05, 0.1) is 13.1 Å². The number of halogens is 1. The maximum atomic E-state index is 5.73. The Kier molecular flexibility index (Phi) is 7.48. The molecule has 1 aromatic carbocycles. The molecule has 3 rings (SSSR count). The number of nitrogens with zero attached hydrogens (tertiary/aromatic N) is 5. The minimum Gasteiger partial charge on any atom is -0.492 e. The quantitative estimate of drug-likeness (QED) is 0.409. The van der Waals surface area contributed by atoms with Crippen LogP contribution in [0.25, 0.3) is 0 Å². The lowest BCUT2D eigenvalue weighted by molar-refractivity contribution is 0.281. The lowest BCUT2D eigenvalue weighted by Gasteiger charge is -2.22. The van der Waals surface area contributed by atoms with Crippen molar-refractivity contribution in [3.05, 3.63) is 42.0 Å². The van der Waals surface area contributed by atoms with E-state index in [1.165, 1.54) is 0 Å². The second-order valence-corrected chi connectivity index (χ2v) is 5.77. The van der Waals surface area contributed by atoms with E-state index in [1.54, 1.807) is 7.05 Å². The van der Waals surface area contributed by atoms with Crippen LogP contribution in [-0.2, 0) is 19.5 Å². The van der Waals surface area contributed by atoms with Crippen LogP contribution in [0.2, 0.25) is 0 Å². The smallest absolute Gasteiger partial charge is 0.193 e. The molecule has 0 saturated heterocycles. The van der Waals surface area contributed by atoms with E-state index in [2.05, 4.69) is 25.1 Å². The number of likely N-dealkylation sites (N-methyl/N-ethyl adjacent to an activating group) is 1. The Labute approximate surface area is 165 Å². The fourth-order valence-corrected chi connectivity index (χ4v) is 2.81. The number of guanidine groups is 1. The lowest BCUT2D eigenvalue weighted by atomic mass is 10.3. The Bertz CT molecular complexity index is 688. The van der Waals surface area contributed by atoms with E-state index in [0.717, 1.165) is 49.3 Å². The van der Waals surface area contributed by atoms with Crippen LogP contribution >= 0.6 is 24.0 Å². The predicted octanol–water partition coefficient (Wildman–Crippen LogP) is 1.93. The van der Waals surface area contributed by atoms with E-state index in [1.807, 2.05) is 42.3 Å². The molecular weight excluding hydrogens is 431 g/mol. The van der Waals surface area contributed by atoms with E-state index < -0.39 is 0 Å². The number of para-hydroxylation sites is 1. The van der Waals surface area contributed by atoms with Gasteiger partial charge >= 0.3 is 0 Å². The van der Waals surface area contributed by atoms with Crippen molar-refractivity contribution < 1.29 is 4.74 Å². The van der Waals surface area contributed by atoms with Crippen molar-refractivity contribution in [2.45, 2.75) is 25.9 Å². The van der Waals surface area contributed by atoms with Gasteiger partial charge in [-0.05, 0) is 18.6 Å². The van der Waals surface area contributed by atoms with Crippen LogP contribution in [0.4, 0.5) is 0 Å². The van der Waals surface area contributed by atoms with Crippen LogP contribution in [-0.4, -0.2) is 52.9 Å². The van der Waals surface area contributed by atoms with E-state index in [0.29, 0.717) is 13.2 Å². The summed E-state index contributed by atoms with van der Waals surface area (Å²) in [5.41, 5.74) is 0. The summed E-state index contributed by atoms with van der Waals surface area (Å²) in [7, 11) is 3.78. The maximum absolute atomic E-state index is 5.73. The molecular formula is C17H25IN6O. The summed E-state index contributed by atoms with van der Waals surface area (Å²) in [5.74, 6) is 3.76. The van der Waals surface area contributed by atoms with Gasteiger partial charge < -0.3 is 19.5 Å². The number of aliphatic imine (C=N–C) groups is 1. The monoisotopic (exact) mass is 456 g/mol. The summed E-state index contributed by atoms with van der Waals surface area (Å²) in [6.07, 6.45) is 2.18. The summed E-state index contributed by atoms with van der Waals surface area (Å²) in [4.78, 5) is 6.37. The van der Waals surface area contributed by atoms with Gasteiger partial charge in [-0.15, -0.1) is 34.2 Å². The first-order chi connectivity index (χ1) is 11.8. The Morgan fingerprint density at radius 3 is 2.88 bits per heavy atom. The van der Waals surface area contributed by atoms with E-state index in [9.17, 15) is 0 Å². The van der Waals surface area contributed by atoms with Crippen molar-refractivity contribution in [2.75, 3.05) is 27.2 Å². The van der Waals surface area contributed by atoms with Crippen LogP contribution in [0, 0.1) is 0 Å². The molecule has 0 radical (unpaired) electrons. The van der Waals surface area contributed by atoms with E-state index >= 15 is 0 Å². The van der Waals surface area contributed by atoms with Crippen molar-refractivity contribution in [1.82, 2.24) is 25.0 Å². The highest BCUT2D eigenvalue weighted by Crippen LogP contribution is 2.13. The first-order valence-corrected chi connectivity index (χ1v) is 8.28. The highest BCUT2D eigenvalue weighted by atomic mass is 127. The van der Waals surface area contributed by atoms with Gasteiger partial charge in [0.15, 0.2) is 11.8 Å². The van der Waals surface area contributed by atoms with Gasteiger partial charge in [-0.1, -0.05) is 18.2 Å². The number of nitrogens with one attached hydrogen (secondary N) is 1. The van der Waals surface area contributed by atoms with Crippen molar-refractivity contribution in [1.29, 1.82) is 0 Å². The molecule has 8 heteroatoms. The zero-order valence-electron chi connectivity index (χ0n) is 14.7. The van der Waals surface area contributed by atoms with Gasteiger partial charge in [-0.3, -0.25) is 4.99 Å². The largest absolute Gasteiger partial charge is 0.492 e. The van der Waals surface area contributed by atoms with Crippen molar-refractivity contribution in [2.24, 2.45) is 4.99 Å². The highest BCUT2D eigenvalue weighted by molar-refractivity contribution is 14.0. The summed E-state index contributed by atoms with van der Waals surface area (Å²) in [6, 6.07) is 9.83. The molecule has 0 fully saturated rings. The van der Waals surface area contributed by atoms with E-state index in [4.69, 9.17) is 4.74 Å². The number of aromatic nitrogens is 3. The van der Waals surface area contributed by atoms with Gasteiger partial charge in [-0.2, -0.15) is 0 Å². The number of aryl methyl sites for hydroxylation is 1. The average molecular weight is 456 g/mol. The Balaban J connectivity index is 0.00000225. The molecule has 2 aromatic rings. The zero-order chi connectivity index (χ0) is 16.8. The molecule has 0 atom stereocenters. The minimum absolute atomic E-state index is 0. The molecule has 1 N–H and O–H groups in total. The van der Waals surface area contributed by atoms with Crippen molar-refractivity contribution in [3.8, 4) is 5.75 Å². The SMILES string of the molecule is CN=C(NCc1nnc2n1CCC2)N(C)CCOc1ccccc1.I. The third-order valence-electron chi connectivity index (χ3n) is 4.10. The molecule has 0 unspecified atom stereocenters. The molecule has 1 aromatic heterocycles. The van der Waals surface area contributed by atoms with Crippen LogP contribution in [0.5, 0.6) is 5.75 Å². The molecule has 1 aliphatic rings.